The Labute approximate surface area is 149 Å². The largest absolute Gasteiger partial charge is 0.497 e. The van der Waals surface area contributed by atoms with Crippen LogP contribution in [0, 0.1) is 5.41 Å². The fraction of sp³-hybridized carbons (Fsp3) is 0.579. The van der Waals surface area contributed by atoms with E-state index < -0.39 is 0 Å². The first-order chi connectivity index (χ1) is 11.7. The normalized spacial score (nSPS) is 20.7. The van der Waals surface area contributed by atoms with Crippen molar-refractivity contribution in [3.8, 4) is 5.75 Å². The third-order valence-electron chi connectivity index (χ3n) is 4.94. The second-order valence-electron chi connectivity index (χ2n) is 7.43. The molecule has 138 valence electrons. The Kier molecular flexibility index (Phi) is 6.06. The molecule has 0 aromatic heterocycles. The first kappa shape index (κ1) is 19.2. The van der Waals surface area contributed by atoms with Crippen molar-refractivity contribution < 1.29 is 14.3 Å². The Bertz CT molecular complexity index is 613. The van der Waals surface area contributed by atoms with E-state index >= 15 is 0 Å². The summed E-state index contributed by atoms with van der Waals surface area (Å²) < 4.78 is 5.16. The molecule has 2 atom stereocenters. The van der Waals surface area contributed by atoms with Crippen molar-refractivity contribution in [3.63, 3.8) is 0 Å². The van der Waals surface area contributed by atoms with Crippen LogP contribution < -0.4 is 15.8 Å². The molecule has 0 radical (unpaired) electrons. The van der Waals surface area contributed by atoms with E-state index in [-0.39, 0.29) is 35.7 Å². The maximum atomic E-state index is 12.8. The van der Waals surface area contributed by atoms with Gasteiger partial charge >= 0.3 is 0 Å². The standard InChI is InChI=1S/C19H29N3O3/c1-13(23)21-16(14-5-7-15(25-4)8-6-14)11-18(24)22-10-9-17(20)19(2,3)12-22/h5-8,16-17H,9-12,20H2,1-4H3,(H,21,23). The highest BCUT2D eigenvalue weighted by molar-refractivity contribution is 5.79. The van der Waals surface area contributed by atoms with E-state index in [9.17, 15) is 9.59 Å². The molecule has 1 aromatic carbocycles. The molecule has 1 aromatic rings. The van der Waals surface area contributed by atoms with Gasteiger partial charge in [0.2, 0.25) is 11.8 Å². The summed E-state index contributed by atoms with van der Waals surface area (Å²) in [5.74, 6) is 0.618. The predicted molar refractivity (Wildman–Crippen MR) is 97.1 cm³/mol. The van der Waals surface area contributed by atoms with Crippen LogP contribution in [0.3, 0.4) is 0 Å². The number of nitrogens with two attached hydrogens (primary N) is 1. The van der Waals surface area contributed by atoms with Gasteiger partial charge in [-0.15, -0.1) is 0 Å². The highest BCUT2D eigenvalue weighted by Gasteiger charge is 2.35. The van der Waals surface area contributed by atoms with Crippen molar-refractivity contribution in [2.75, 3.05) is 20.2 Å². The maximum Gasteiger partial charge on any atom is 0.225 e. The van der Waals surface area contributed by atoms with Crippen molar-refractivity contribution in [2.45, 2.75) is 45.7 Å². The van der Waals surface area contributed by atoms with Crippen LogP contribution in [-0.4, -0.2) is 43.0 Å². The summed E-state index contributed by atoms with van der Waals surface area (Å²) in [5, 5.41) is 2.88. The van der Waals surface area contributed by atoms with E-state index in [2.05, 4.69) is 19.2 Å². The number of amides is 2. The number of hydrogen-bond acceptors (Lipinski definition) is 4. The van der Waals surface area contributed by atoms with E-state index in [4.69, 9.17) is 10.5 Å². The monoisotopic (exact) mass is 347 g/mol. The van der Waals surface area contributed by atoms with Gasteiger partial charge in [0.15, 0.2) is 0 Å². The zero-order chi connectivity index (χ0) is 18.6. The number of rotatable bonds is 5. The topological polar surface area (TPSA) is 84.7 Å². The van der Waals surface area contributed by atoms with Gasteiger partial charge in [-0.1, -0.05) is 26.0 Å². The number of nitrogens with zero attached hydrogens (tertiary/aromatic N) is 1. The number of likely N-dealkylation sites (tertiary alicyclic amines) is 1. The zero-order valence-electron chi connectivity index (χ0n) is 15.5. The Hall–Kier alpha value is -2.08. The van der Waals surface area contributed by atoms with Gasteiger partial charge in [-0.05, 0) is 29.5 Å². The van der Waals surface area contributed by atoms with E-state index in [0.717, 1.165) is 17.7 Å². The minimum atomic E-state index is -0.352. The number of carbonyl (C=O) groups is 2. The smallest absolute Gasteiger partial charge is 0.225 e. The van der Waals surface area contributed by atoms with Gasteiger partial charge in [0.25, 0.3) is 0 Å². The molecule has 1 aliphatic rings. The SMILES string of the molecule is COc1ccc(C(CC(=O)N2CCC(N)C(C)(C)C2)NC(C)=O)cc1. The number of piperidine rings is 1. The first-order valence-corrected chi connectivity index (χ1v) is 8.67. The molecule has 6 heteroatoms. The lowest BCUT2D eigenvalue weighted by molar-refractivity contribution is -0.135. The maximum absolute atomic E-state index is 12.8. The van der Waals surface area contributed by atoms with Gasteiger partial charge in [-0.25, -0.2) is 0 Å². The summed E-state index contributed by atoms with van der Waals surface area (Å²) in [6.07, 6.45) is 1.03. The van der Waals surface area contributed by atoms with Crippen LogP contribution >= 0.6 is 0 Å². The third-order valence-corrected chi connectivity index (χ3v) is 4.94. The molecule has 0 bridgehead atoms. The lowest BCUT2D eigenvalue weighted by Crippen LogP contribution is -2.54. The minimum absolute atomic E-state index is 0.0366. The fourth-order valence-corrected chi connectivity index (χ4v) is 3.22. The van der Waals surface area contributed by atoms with Crippen LogP contribution in [-0.2, 0) is 9.59 Å². The van der Waals surface area contributed by atoms with Crippen LogP contribution in [0.4, 0.5) is 0 Å². The second kappa shape index (κ2) is 7.87. The minimum Gasteiger partial charge on any atom is -0.497 e. The molecule has 6 nitrogen and oxygen atoms in total. The van der Waals surface area contributed by atoms with Crippen molar-refractivity contribution in [1.29, 1.82) is 0 Å². The molecular formula is C19H29N3O3. The van der Waals surface area contributed by atoms with E-state index in [1.54, 1.807) is 7.11 Å². The molecule has 0 saturated carbocycles. The fourth-order valence-electron chi connectivity index (χ4n) is 3.22. The van der Waals surface area contributed by atoms with Crippen molar-refractivity contribution in [1.82, 2.24) is 10.2 Å². The number of hydrogen-bond donors (Lipinski definition) is 2. The number of nitrogens with one attached hydrogen (secondary N) is 1. The quantitative estimate of drug-likeness (QED) is 0.851. The van der Waals surface area contributed by atoms with Gasteiger partial charge in [-0.2, -0.15) is 0 Å². The predicted octanol–water partition coefficient (Wildman–Crippen LogP) is 1.85. The molecule has 0 spiro atoms. The van der Waals surface area contributed by atoms with Crippen LogP contribution in [0.5, 0.6) is 5.75 Å². The molecule has 1 fully saturated rings. The summed E-state index contributed by atoms with van der Waals surface area (Å²) in [6, 6.07) is 7.17. The lowest BCUT2D eigenvalue weighted by atomic mass is 9.79. The summed E-state index contributed by atoms with van der Waals surface area (Å²) >= 11 is 0. The lowest BCUT2D eigenvalue weighted by Gasteiger charge is -2.43. The van der Waals surface area contributed by atoms with Crippen LogP contribution in [0.15, 0.2) is 24.3 Å². The number of benzene rings is 1. The van der Waals surface area contributed by atoms with Crippen LogP contribution in [0.1, 0.15) is 45.2 Å². The summed E-state index contributed by atoms with van der Waals surface area (Å²) in [7, 11) is 1.60. The zero-order valence-corrected chi connectivity index (χ0v) is 15.5. The molecule has 2 amide bonds. The van der Waals surface area contributed by atoms with Crippen molar-refractivity contribution >= 4 is 11.8 Å². The molecular weight excluding hydrogens is 318 g/mol. The second-order valence-corrected chi connectivity index (χ2v) is 7.43. The Morgan fingerprint density at radius 1 is 1.36 bits per heavy atom. The highest BCUT2D eigenvalue weighted by Crippen LogP contribution is 2.29. The van der Waals surface area contributed by atoms with Gasteiger partial charge in [0.05, 0.1) is 19.6 Å². The molecule has 2 rings (SSSR count). The van der Waals surface area contributed by atoms with Crippen molar-refractivity contribution in [3.05, 3.63) is 29.8 Å². The van der Waals surface area contributed by atoms with Crippen LogP contribution in [0.2, 0.25) is 0 Å². The molecule has 1 heterocycles. The number of ether oxygens (including phenoxy) is 1. The van der Waals surface area contributed by atoms with Gasteiger partial charge in [-0.3, -0.25) is 9.59 Å². The molecule has 25 heavy (non-hydrogen) atoms. The Morgan fingerprint density at radius 2 is 2.00 bits per heavy atom. The number of carbonyl (C=O) groups excluding carboxylic acids is 2. The Morgan fingerprint density at radius 3 is 2.52 bits per heavy atom. The first-order valence-electron chi connectivity index (χ1n) is 8.67. The van der Waals surface area contributed by atoms with Crippen molar-refractivity contribution in [2.24, 2.45) is 11.1 Å². The van der Waals surface area contributed by atoms with Gasteiger partial charge in [0.1, 0.15) is 5.75 Å². The summed E-state index contributed by atoms with van der Waals surface area (Å²) in [6.45, 7) is 6.95. The third kappa shape index (κ3) is 4.95. The van der Waals surface area contributed by atoms with E-state index in [1.165, 1.54) is 6.92 Å². The van der Waals surface area contributed by atoms with Crippen LogP contribution in [0.25, 0.3) is 0 Å². The highest BCUT2D eigenvalue weighted by atomic mass is 16.5. The number of methoxy groups -OCH3 is 1. The molecule has 1 aliphatic heterocycles. The summed E-state index contributed by atoms with van der Waals surface area (Å²) in [5.41, 5.74) is 6.94. The van der Waals surface area contributed by atoms with E-state index in [0.29, 0.717) is 13.1 Å². The average molecular weight is 347 g/mol. The van der Waals surface area contributed by atoms with E-state index in [1.807, 2.05) is 29.2 Å². The molecule has 3 N–H and O–H groups in total. The van der Waals surface area contributed by atoms with Gasteiger partial charge < -0.3 is 20.7 Å². The summed E-state index contributed by atoms with van der Waals surface area (Å²) in [4.78, 5) is 26.2. The molecule has 2 unspecified atom stereocenters. The average Bonchev–Trinajstić information content (AvgIpc) is 2.56. The van der Waals surface area contributed by atoms with Gasteiger partial charge in [0, 0.05) is 26.1 Å². The molecule has 0 aliphatic carbocycles. The molecule has 1 saturated heterocycles. The Balaban J connectivity index is 2.10.